The Balaban J connectivity index is 0.00000480. The average Bonchev–Trinajstić information content (AvgIpc) is 2.66. The first kappa shape index (κ1) is 28.1. The van der Waals surface area contributed by atoms with Gasteiger partial charge in [-0.15, -0.1) is 24.0 Å². The fourth-order valence-electron chi connectivity index (χ4n) is 3.48. The smallest absolute Gasteiger partial charge is 0.191 e. The van der Waals surface area contributed by atoms with Crippen LogP contribution in [0.3, 0.4) is 0 Å². The van der Waals surface area contributed by atoms with Gasteiger partial charge in [-0.25, -0.2) is 17.8 Å². The largest absolute Gasteiger partial charge is 0.357 e. The number of benzene rings is 1. The van der Waals surface area contributed by atoms with Crippen LogP contribution in [-0.4, -0.2) is 83.3 Å². The molecule has 31 heavy (non-hydrogen) atoms. The monoisotopic (exact) mass is 569 g/mol. The molecule has 0 amide bonds. The third-order valence-corrected chi connectivity index (χ3v) is 5.96. The maximum atomic E-state index is 13.7. The first-order valence-electron chi connectivity index (χ1n) is 10.5. The van der Waals surface area contributed by atoms with Crippen LogP contribution in [-0.2, 0) is 22.1 Å². The Morgan fingerprint density at radius 2 is 1.87 bits per heavy atom. The van der Waals surface area contributed by atoms with Crippen molar-refractivity contribution in [3.8, 4) is 0 Å². The van der Waals surface area contributed by atoms with Gasteiger partial charge in [0.05, 0.1) is 12.3 Å². The van der Waals surface area contributed by atoms with E-state index in [-0.39, 0.29) is 36.3 Å². The zero-order valence-electron chi connectivity index (χ0n) is 19.0. The molecule has 0 aliphatic carbocycles. The number of aliphatic imine (C=N–C) groups is 1. The van der Waals surface area contributed by atoms with Gasteiger partial charge >= 0.3 is 0 Å². The Labute approximate surface area is 203 Å². The van der Waals surface area contributed by atoms with Gasteiger partial charge in [-0.05, 0) is 43.1 Å². The van der Waals surface area contributed by atoms with E-state index in [9.17, 15) is 12.8 Å². The number of guanidine groups is 1. The number of likely N-dealkylation sites (N-methyl/N-ethyl adjacent to an activating group) is 1. The molecule has 10 heteroatoms. The van der Waals surface area contributed by atoms with Crippen LogP contribution in [0.1, 0.15) is 25.0 Å². The molecular weight excluding hydrogens is 532 g/mol. The van der Waals surface area contributed by atoms with E-state index in [2.05, 4.69) is 39.4 Å². The van der Waals surface area contributed by atoms with E-state index in [4.69, 9.17) is 0 Å². The molecular formula is C21H37FIN5O2S. The number of nitrogens with zero attached hydrogens (tertiary/aromatic N) is 3. The molecule has 1 aliphatic heterocycles. The summed E-state index contributed by atoms with van der Waals surface area (Å²) in [7, 11) is -1.06. The van der Waals surface area contributed by atoms with E-state index in [0.717, 1.165) is 39.3 Å². The van der Waals surface area contributed by atoms with E-state index in [0.29, 0.717) is 29.5 Å². The fraction of sp³-hybridized carbons (Fsp3) is 0.667. The topological polar surface area (TPSA) is 77.0 Å². The molecule has 1 aromatic carbocycles. The minimum atomic E-state index is -3.21. The van der Waals surface area contributed by atoms with E-state index in [1.165, 1.54) is 24.5 Å². The molecule has 2 rings (SSSR count). The van der Waals surface area contributed by atoms with Crippen LogP contribution < -0.4 is 10.6 Å². The number of rotatable bonds is 9. The van der Waals surface area contributed by atoms with Gasteiger partial charge in [-0.3, -0.25) is 0 Å². The summed E-state index contributed by atoms with van der Waals surface area (Å²) >= 11 is 0. The number of piperazine rings is 1. The Morgan fingerprint density at radius 1 is 1.19 bits per heavy atom. The van der Waals surface area contributed by atoms with Crippen molar-refractivity contribution in [2.45, 2.75) is 26.1 Å². The van der Waals surface area contributed by atoms with Crippen molar-refractivity contribution in [2.75, 3.05) is 59.1 Å². The third-order valence-electron chi connectivity index (χ3n) is 5.12. The molecule has 1 saturated heterocycles. The van der Waals surface area contributed by atoms with Gasteiger partial charge in [-0.2, -0.15) is 0 Å². The van der Waals surface area contributed by atoms with Crippen molar-refractivity contribution in [2.24, 2.45) is 10.9 Å². The normalized spacial score (nSPS) is 17.1. The quantitative estimate of drug-likeness (QED) is 0.269. The van der Waals surface area contributed by atoms with Crippen molar-refractivity contribution in [1.82, 2.24) is 20.4 Å². The Bertz CT molecular complexity index is 814. The summed E-state index contributed by atoms with van der Waals surface area (Å²) in [5, 5.41) is 6.57. The molecule has 1 fully saturated rings. The molecule has 0 radical (unpaired) electrons. The molecule has 1 unspecified atom stereocenters. The predicted octanol–water partition coefficient (Wildman–Crippen LogP) is 1.93. The van der Waals surface area contributed by atoms with Crippen molar-refractivity contribution < 1.29 is 12.8 Å². The van der Waals surface area contributed by atoms with Crippen molar-refractivity contribution in [3.05, 3.63) is 35.1 Å². The fourth-order valence-corrected chi connectivity index (χ4v) is 4.32. The lowest BCUT2D eigenvalue weighted by Crippen LogP contribution is -2.47. The summed E-state index contributed by atoms with van der Waals surface area (Å²) in [5.74, 6) is 0.588. The lowest BCUT2D eigenvalue weighted by molar-refractivity contribution is 0.139. The number of halogens is 2. The number of sulfone groups is 1. The standard InChI is InChI=1S/C21H36FN5O2S.HI/c1-5-23-21(24-13-17(2)15-27-10-8-26(3)9-11-27)25-14-19-12-20(22)7-6-18(19)16-30(4,28)29;/h6-7,12,17H,5,8-11,13-16H2,1-4H3,(H2,23,24,25);1H. The lowest BCUT2D eigenvalue weighted by atomic mass is 10.1. The average molecular weight is 570 g/mol. The van der Waals surface area contributed by atoms with Crippen LogP contribution in [0.5, 0.6) is 0 Å². The first-order chi connectivity index (χ1) is 14.2. The third kappa shape index (κ3) is 10.9. The van der Waals surface area contributed by atoms with Crippen LogP contribution in [0.2, 0.25) is 0 Å². The lowest BCUT2D eigenvalue weighted by Gasteiger charge is -2.34. The van der Waals surface area contributed by atoms with Crippen LogP contribution >= 0.6 is 24.0 Å². The molecule has 0 spiro atoms. The summed E-state index contributed by atoms with van der Waals surface area (Å²) in [5.41, 5.74) is 1.17. The van der Waals surface area contributed by atoms with Gasteiger partial charge in [0.2, 0.25) is 0 Å². The highest BCUT2D eigenvalue weighted by Crippen LogP contribution is 2.15. The second-order valence-corrected chi connectivity index (χ2v) is 10.4. The van der Waals surface area contributed by atoms with Gasteiger partial charge in [0.1, 0.15) is 5.82 Å². The molecule has 2 N–H and O–H groups in total. The van der Waals surface area contributed by atoms with Crippen molar-refractivity contribution >= 4 is 39.8 Å². The summed E-state index contributed by atoms with van der Waals surface area (Å²) in [4.78, 5) is 9.39. The Kier molecular flexibility index (Phi) is 12.3. The summed E-state index contributed by atoms with van der Waals surface area (Å²) in [6.07, 6.45) is 1.18. The van der Waals surface area contributed by atoms with E-state index in [1.54, 1.807) is 0 Å². The highest BCUT2D eigenvalue weighted by atomic mass is 127. The molecule has 1 atom stereocenters. The number of hydrogen-bond acceptors (Lipinski definition) is 5. The maximum absolute atomic E-state index is 13.7. The van der Waals surface area contributed by atoms with Crippen LogP contribution in [0.15, 0.2) is 23.2 Å². The summed E-state index contributed by atoms with van der Waals surface area (Å²) < 4.78 is 37.1. The molecule has 1 aliphatic rings. The maximum Gasteiger partial charge on any atom is 0.191 e. The minimum absolute atomic E-state index is 0. The van der Waals surface area contributed by atoms with Crippen molar-refractivity contribution in [3.63, 3.8) is 0 Å². The molecule has 0 bridgehead atoms. The van der Waals surface area contributed by atoms with Gasteiger partial charge in [-0.1, -0.05) is 13.0 Å². The zero-order chi connectivity index (χ0) is 22.1. The number of nitrogens with one attached hydrogen (secondary N) is 2. The number of hydrogen-bond donors (Lipinski definition) is 2. The van der Waals surface area contributed by atoms with Crippen molar-refractivity contribution in [1.29, 1.82) is 0 Å². The molecule has 0 saturated carbocycles. The SMILES string of the molecule is CCNC(=NCc1cc(F)ccc1CS(C)(=O)=O)NCC(C)CN1CCN(C)CC1.I. The minimum Gasteiger partial charge on any atom is -0.357 e. The molecule has 1 aromatic rings. The second kappa shape index (κ2) is 13.5. The van der Waals surface area contributed by atoms with Crippen LogP contribution in [0.25, 0.3) is 0 Å². The molecule has 7 nitrogen and oxygen atoms in total. The molecule has 1 heterocycles. The Morgan fingerprint density at radius 3 is 2.48 bits per heavy atom. The van der Waals surface area contributed by atoms with Gasteiger partial charge < -0.3 is 20.4 Å². The summed E-state index contributed by atoms with van der Waals surface area (Å²) in [6, 6.07) is 4.18. The first-order valence-corrected chi connectivity index (χ1v) is 12.6. The summed E-state index contributed by atoms with van der Waals surface area (Å²) in [6.45, 7) is 11.3. The second-order valence-electron chi connectivity index (χ2n) is 8.27. The highest BCUT2D eigenvalue weighted by molar-refractivity contribution is 14.0. The van der Waals surface area contributed by atoms with E-state index < -0.39 is 15.7 Å². The van der Waals surface area contributed by atoms with E-state index in [1.807, 2.05) is 6.92 Å². The highest BCUT2D eigenvalue weighted by Gasteiger charge is 2.16. The van der Waals surface area contributed by atoms with Gasteiger partial charge in [0, 0.05) is 52.1 Å². The van der Waals surface area contributed by atoms with Crippen LogP contribution in [0.4, 0.5) is 4.39 Å². The van der Waals surface area contributed by atoms with Crippen LogP contribution in [0, 0.1) is 11.7 Å². The Hall–Kier alpha value is -0.980. The predicted molar refractivity (Wildman–Crippen MR) is 136 cm³/mol. The molecule has 178 valence electrons. The zero-order valence-corrected chi connectivity index (χ0v) is 22.2. The van der Waals surface area contributed by atoms with Gasteiger partial charge in [0.25, 0.3) is 0 Å². The van der Waals surface area contributed by atoms with E-state index >= 15 is 0 Å². The van der Waals surface area contributed by atoms with Gasteiger partial charge in [0.15, 0.2) is 15.8 Å². The molecule has 0 aromatic heterocycles.